The highest BCUT2D eigenvalue weighted by Gasteiger charge is 2.44. The van der Waals surface area contributed by atoms with Gasteiger partial charge in [-0.05, 0) is 74.2 Å². The van der Waals surface area contributed by atoms with E-state index in [1.54, 1.807) is 41.3 Å². The van der Waals surface area contributed by atoms with Crippen LogP contribution in [-0.2, 0) is 27.3 Å². The highest BCUT2D eigenvalue weighted by molar-refractivity contribution is 6.31. The number of ketones is 1. The number of amides is 3. The molecular weight excluding hydrogens is 564 g/mol. The maximum atomic E-state index is 14.1. The summed E-state index contributed by atoms with van der Waals surface area (Å²) in [5, 5.41) is 10.0. The maximum Gasteiger partial charge on any atom is 0.250 e. The second-order valence-electron chi connectivity index (χ2n) is 11.4. The standard InChI is InChI=1S/C34H37ClN4O4/c1-22-23(2)28(13-12-27(22)35)37-33(43)34(16-18-36-19-17-34)38-32(42)29-20-25-10-6-7-11-26(25)21-39(29)31(41)15-14-30(40)24-8-4-3-5-9-24/h3-13,29,36H,14-21H2,1-2H3,(H,37,43)(H,38,42)/t29-/m0/s1. The lowest BCUT2D eigenvalue weighted by Gasteiger charge is -2.41. The lowest BCUT2D eigenvalue weighted by atomic mass is 9.85. The number of nitrogens with zero attached hydrogens (tertiary/aromatic N) is 1. The Morgan fingerprint density at radius 3 is 2.28 bits per heavy atom. The molecule has 0 spiro atoms. The first-order valence-electron chi connectivity index (χ1n) is 14.7. The maximum absolute atomic E-state index is 14.1. The molecule has 0 aromatic heterocycles. The van der Waals surface area contributed by atoms with Gasteiger partial charge in [0.25, 0.3) is 0 Å². The summed E-state index contributed by atoms with van der Waals surface area (Å²) in [5.41, 5.74) is 3.74. The van der Waals surface area contributed by atoms with E-state index in [1.165, 1.54) is 0 Å². The number of carbonyl (C=O) groups excluding carboxylic acids is 4. The zero-order chi connectivity index (χ0) is 30.6. The molecule has 3 N–H and O–H groups in total. The van der Waals surface area contributed by atoms with E-state index < -0.39 is 11.6 Å². The van der Waals surface area contributed by atoms with E-state index in [-0.39, 0.29) is 42.9 Å². The van der Waals surface area contributed by atoms with Gasteiger partial charge in [-0.1, -0.05) is 66.2 Å². The van der Waals surface area contributed by atoms with Crippen LogP contribution in [-0.4, -0.2) is 53.1 Å². The number of benzene rings is 3. The highest BCUT2D eigenvalue weighted by atomic mass is 35.5. The minimum absolute atomic E-state index is 0.00951. The van der Waals surface area contributed by atoms with Crippen molar-refractivity contribution in [1.29, 1.82) is 0 Å². The minimum atomic E-state index is -1.16. The van der Waals surface area contributed by atoms with Crippen molar-refractivity contribution in [2.24, 2.45) is 0 Å². The number of hydrogen-bond donors (Lipinski definition) is 3. The van der Waals surface area contributed by atoms with Crippen LogP contribution in [0, 0.1) is 13.8 Å². The normalized spacial score (nSPS) is 17.5. The van der Waals surface area contributed by atoms with Crippen molar-refractivity contribution in [1.82, 2.24) is 15.5 Å². The first-order valence-corrected chi connectivity index (χ1v) is 15.1. The molecule has 0 saturated carbocycles. The van der Waals surface area contributed by atoms with E-state index in [0.29, 0.717) is 48.6 Å². The van der Waals surface area contributed by atoms with Crippen molar-refractivity contribution >= 4 is 40.8 Å². The predicted molar refractivity (Wildman–Crippen MR) is 167 cm³/mol. The van der Waals surface area contributed by atoms with Gasteiger partial charge in [0.2, 0.25) is 17.7 Å². The van der Waals surface area contributed by atoms with Gasteiger partial charge in [0.15, 0.2) is 5.78 Å². The van der Waals surface area contributed by atoms with E-state index in [0.717, 1.165) is 22.3 Å². The molecule has 43 heavy (non-hydrogen) atoms. The predicted octanol–water partition coefficient (Wildman–Crippen LogP) is 4.75. The number of piperidine rings is 1. The SMILES string of the molecule is Cc1c(Cl)ccc(NC(=O)C2(NC(=O)[C@@H]3Cc4ccccc4CN3C(=O)CCC(=O)c3ccccc3)CCNCC2)c1C. The van der Waals surface area contributed by atoms with Crippen LogP contribution in [0.3, 0.4) is 0 Å². The molecule has 3 aromatic rings. The van der Waals surface area contributed by atoms with E-state index >= 15 is 0 Å². The second-order valence-corrected chi connectivity index (χ2v) is 11.8. The fraction of sp³-hybridized carbons (Fsp3) is 0.353. The Kier molecular flexibility index (Phi) is 9.28. The van der Waals surface area contributed by atoms with Crippen LogP contribution < -0.4 is 16.0 Å². The third-order valence-electron chi connectivity index (χ3n) is 8.76. The van der Waals surface area contributed by atoms with Crippen molar-refractivity contribution < 1.29 is 19.2 Å². The van der Waals surface area contributed by atoms with Crippen LogP contribution in [0.25, 0.3) is 0 Å². The molecule has 0 aliphatic carbocycles. The van der Waals surface area contributed by atoms with Crippen LogP contribution in [0.1, 0.15) is 58.3 Å². The summed E-state index contributed by atoms with van der Waals surface area (Å²) in [6.07, 6.45) is 1.17. The molecule has 0 unspecified atom stereocenters. The smallest absolute Gasteiger partial charge is 0.250 e. The zero-order valence-corrected chi connectivity index (χ0v) is 25.3. The molecule has 224 valence electrons. The molecule has 3 aromatic carbocycles. The summed E-state index contributed by atoms with van der Waals surface area (Å²) in [6.45, 7) is 5.18. The monoisotopic (exact) mass is 600 g/mol. The Hall–Kier alpha value is -4.01. The molecule has 1 saturated heterocycles. The van der Waals surface area contributed by atoms with Gasteiger partial charge in [0.1, 0.15) is 11.6 Å². The molecule has 1 fully saturated rings. The largest absolute Gasteiger partial charge is 0.340 e. The minimum Gasteiger partial charge on any atom is -0.340 e. The van der Waals surface area contributed by atoms with Gasteiger partial charge in [-0.25, -0.2) is 0 Å². The average molecular weight is 601 g/mol. The van der Waals surface area contributed by atoms with Crippen molar-refractivity contribution in [3.05, 3.63) is 99.6 Å². The van der Waals surface area contributed by atoms with Crippen LogP contribution in [0.15, 0.2) is 66.7 Å². The summed E-state index contributed by atoms with van der Waals surface area (Å²) in [5.74, 6) is -1.06. The number of hydrogen-bond acceptors (Lipinski definition) is 5. The molecule has 3 amide bonds. The number of fused-ring (bicyclic) bond motifs is 1. The molecule has 9 heteroatoms. The number of anilines is 1. The first-order chi connectivity index (χ1) is 20.7. The van der Waals surface area contributed by atoms with E-state index in [9.17, 15) is 19.2 Å². The van der Waals surface area contributed by atoms with Crippen LogP contribution in [0.4, 0.5) is 5.69 Å². The topological polar surface area (TPSA) is 108 Å². The van der Waals surface area contributed by atoms with Crippen LogP contribution in [0.5, 0.6) is 0 Å². The van der Waals surface area contributed by atoms with Gasteiger partial charge in [-0.2, -0.15) is 0 Å². The second kappa shape index (κ2) is 13.1. The Morgan fingerprint density at radius 2 is 1.56 bits per heavy atom. The van der Waals surface area contributed by atoms with Crippen LogP contribution in [0.2, 0.25) is 5.02 Å². The fourth-order valence-corrected chi connectivity index (χ4v) is 6.10. The average Bonchev–Trinajstić information content (AvgIpc) is 3.03. The third-order valence-corrected chi connectivity index (χ3v) is 9.17. The van der Waals surface area contributed by atoms with Gasteiger partial charge in [0, 0.05) is 42.1 Å². The van der Waals surface area contributed by atoms with Crippen LogP contribution >= 0.6 is 11.6 Å². The van der Waals surface area contributed by atoms with Crippen molar-refractivity contribution in [2.45, 2.75) is 64.1 Å². The Balaban J connectivity index is 1.37. The van der Waals surface area contributed by atoms with Gasteiger partial charge in [-0.3, -0.25) is 19.2 Å². The molecule has 8 nitrogen and oxygen atoms in total. The quantitative estimate of drug-likeness (QED) is 0.324. The van der Waals surface area contributed by atoms with Gasteiger partial charge in [-0.15, -0.1) is 0 Å². The summed E-state index contributed by atoms with van der Waals surface area (Å²) in [4.78, 5) is 55.9. The highest BCUT2D eigenvalue weighted by Crippen LogP contribution is 2.29. The summed E-state index contributed by atoms with van der Waals surface area (Å²) in [7, 11) is 0. The zero-order valence-electron chi connectivity index (χ0n) is 24.5. The molecular formula is C34H37ClN4O4. The van der Waals surface area contributed by atoms with Crippen molar-refractivity contribution in [3.8, 4) is 0 Å². The molecule has 5 rings (SSSR count). The molecule has 0 bridgehead atoms. The number of nitrogens with one attached hydrogen (secondary N) is 3. The summed E-state index contributed by atoms with van der Waals surface area (Å²) in [6, 6.07) is 19.3. The third kappa shape index (κ3) is 6.65. The first kappa shape index (κ1) is 30.4. The van der Waals surface area contributed by atoms with Gasteiger partial charge < -0.3 is 20.9 Å². The summed E-state index contributed by atoms with van der Waals surface area (Å²) < 4.78 is 0. The molecule has 1 atom stereocenters. The van der Waals surface area contributed by atoms with E-state index in [4.69, 9.17) is 11.6 Å². The Labute approximate surface area is 257 Å². The molecule has 2 heterocycles. The Morgan fingerprint density at radius 1 is 0.884 bits per heavy atom. The number of halogens is 1. The van der Waals surface area contributed by atoms with Gasteiger partial charge in [0.05, 0.1) is 0 Å². The molecule has 2 aliphatic heterocycles. The lowest BCUT2D eigenvalue weighted by molar-refractivity contribution is -0.143. The Bertz CT molecular complexity index is 1530. The van der Waals surface area contributed by atoms with Crippen molar-refractivity contribution in [2.75, 3.05) is 18.4 Å². The number of Topliss-reactive ketones (excluding diaryl/α,β-unsaturated/α-hetero) is 1. The summed E-state index contributed by atoms with van der Waals surface area (Å²) >= 11 is 6.27. The molecule has 0 radical (unpaired) electrons. The van der Waals surface area contributed by atoms with E-state index in [1.807, 2.05) is 44.2 Å². The van der Waals surface area contributed by atoms with Crippen molar-refractivity contribution in [3.63, 3.8) is 0 Å². The van der Waals surface area contributed by atoms with Gasteiger partial charge >= 0.3 is 0 Å². The fourth-order valence-electron chi connectivity index (χ4n) is 5.90. The number of rotatable bonds is 8. The number of carbonyl (C=O) groups is 4. The van der Waals surface area contributed by atoms with E-state index in [2.05, 4.69) is 16.0 Å². The lowest BCUT2D eigenvalue weighted by Crippen LogP contribution is -2.65. The molecule has 2 aliphatic rings.